The largest absolute Gasteiger partial charge is 0.486 e. The van der Waals surface area contributed by atoms with E-state index in [1.165, 1.54) is 24.9 Å². The van der Waals surface area contributed by atoms with E-state index in [0.29, 0.717) is 36.5 Å². The van der Waals surface area contributed by atoms with E-state index in [4.69, 9.17) is 9.47 Å². The van der Waals surface area contributed by atoms with Crippen molar-refractivity contribution in [1.82, 2.24) is 9.55 Å². The van der Waals surface area contributed by atoms with Crippen LogP contribution in [-0.2, 0) is 7.05 Å². The molecule has 8 nitrogen and oxygen atoms in total. The quantitative estimate of drug-likeness (QED) is 0.475. The normalized spacial score (nSPS) is 21.0. The molecule has 0 atom stereocenters. The number of pyridine rings is 2. The van der Waals surface area contributed by atoms with E-state index in [2.05, 4.69) is 46.1 Å². The van der Waals surface area contributed by atoms with Crippen molar-refractivity contribution in [3.63, 3.8) is 0 Å². The number of ether oxygens (including phenoxy) is 2. The number of anilines is 2. The number of aryl methyl sites for hydroxylation is 1. The molecule has 2 aliphatic carbocycles. The maximum Gasteiger partial charge on any atom is 0.252 e. The lowest BCUT2D eigenvalue weighted by Crippen LogP contribution is -2.46. The molecule has 2 aromatic heterocycles. The number of nitrogens with zero attached hydrogens (tertiary/aromatic N) is 5. The van der Waals surface area contributed by atoms with Crippen LogP contribution in [0.5, 0.6) is 11.5 Å². The Bertz CT molecular complexity index is 1430. The Kier molecular flexibility index (Phi) is 6.61. The molecule has 3 heterocycles. The highest BCUT2D eigenvalue weighted by atomic mass is 16.6. The molecule has 0 amide bonds. The molecule has 0 unspecified atom stereocenters. The summed E-state index contributed by atoms with van der Waals surface area (Å²) in [5.41, 5.74) is 3.78. The monoisotopic (exact) mass is 513 g/mol. The molecule has 0 N–H and O–H groups in total. The van der Waals surface area contributed by atoms with Gasteiger partial charge in [-0.1, -0.05) is 6.42 Å². The first kappa shape index (κ1) is 24.6. The van der Waals surface area contributed by atoms with Gasteiger partial charge in [-0.25, -0.2) is 4.98 Å². The van der Waals surface area contributed by atoms with Gasteiger partial charge in [-0.15, -0.1) is 0 Å². The van der Waals surface area contributed by atoms with Crippen molar-refractivity contribution in [2.75, 3.05) is 36.6 Å². The highest BCUT2D eigenvalue weighted by Gasteiger charge is 2.32. The average molecular weight is 514 g/mol. The van der Waals surface area contributed by atoms with Crippen LogP contribution in [0, 0.1) is 17.2 Å². The summed E-state index contributed by atoms with van der Waals surface area (Å²) in [5, 5.41) is 9.41. The summed E-state index contributed by atoms with van der Waals surface area (Å²) in [6, 6.07) is 14.5. The fourth-order valence-electron chi connectivity index (χ4n) is 6.23. The molecule has 2 fully saturated rings. The summed E-state index contributed by atoms with van der Waals surface area (Å²) >= 11 is 0. The molecule has 3 aromatic rings. The van der Waals surface area contributed by atoms with Crippen molar-refractivity contribution in [2.45, 2.75) is 57.0 Å². The lowest BCUT2D eigenvalue weighted by Gasteiger charge is -2.44. The molecule has 0 saturated heterocycles. The van der Waals surface area contributed by atoms with E-state index in [0.717, 1.165) is 60.8 Å². The summed E-state index contributed by atoms with van der Waals surface area (Å²) in [7, 11) is 3.81. The lowest BCUT2D eigenvalue weighted by molar-refractivity contribution is 0.171. The predicted octanol–water partition coefficient (Wildman–Crippen LogP) is 4.63. The van der Waals surface area contributed by atoms with Gasteiger partial charge in [0.2, 0.25) is 0 Å². The van der Waals surface area contributed by atoms with Crippen molar-refractivity contribution in [1.29, 1.82) is 5.26 Å². The number of nitriles is 1. The van der Waals surface area contributed by atoms with Crippen LogP contribution in [0.15, 0.2) is 41.2 Å². The highest BCUT2D eigenvalue weighted by molar-refractivity contribution is 5.88. The van der Waals surface area contributed by atoms with E-state index in [-0.39, 0.29) is 5.56 Å². The average Bonchev–Trinajstić information content (AvgIpc) is 2.93. The zero-order valence-electron chi connectivity index (χ0n) is 22.2. The molecule has 8 heteroatoms. The standard InChI is InChI=1S/C30H35N5O3/c1-33(26-17-29(36)34(2)25-12-6-21(18-31)32-30(25)26)22-7-9-23(10-8-22)35(19-20-4-3-5-20)24-11-13-27-28(16-24)38-15-14-37-27/h6,11-13,16-17,20,22-23H,3-5,7-10,14-15,19H2,1-2H3. The van der Waals surface area contributed by atoms with Crippen molar-refractivity contribution in [3.05, 3.63) is 52.4 Å². The predicted molar refractivity (Wildman–Crippen MR) is 148 cm³/mol. The molecule has 6 rings (SSSR count). The minimum atomic E-state index is -0.0650. The van der Waals surface area contributed by atoms with Crippen LogP contribution in [0.2, 0.25) is 0 Å². The third-order valence-corrected chi connectivity index (χ3v) is 8.75. The van der Waals surface area contributed by atoms with Crippen LogP contribution >= 0.6 is 0 Å². The SMILES string of the molecule is CN(c1cc(=O)n(C)c2ccc(C#N)nc12)C1CCC(N(CC2CCC2)c2ccc3c(c2)OCCO3)CC1. The minimum Gasteiger partial charge on any atom is -0.486 e. The van der Waals surface area contributed by atoms with Gasteiger partial charge in [0.25, 0.3) is 5.56 Å². The van der Waals surface area contributed by atoms with Crippen molar-refractivity contribution in [3.8, 4) is 17.6 Å². The number of hydrogen-bond acceptors (Lipinski definition) is 7. The van der Waals surface area contributed by atoms with Crippen LogP contribution in [0.4, 0.5) is 11.4 Å². The third-order valence-electron chi connectivity index (χ3n) is 8.75. The molecular weight excluding hydrogens is 478 g/mol. The smallest absolute Gasteiger partial charge is 0.252 e. The Morgan fingerprint density at radius 2 is 1.74 bits per heavy atom. The van der Waals surface area contributed by atoms with Gasteiger partial charge in [-0.2, -0.15) is 5.26 Å². The van der Waals surface area contributed by atoms with Crippen LogP contribution in [0.1, 0.15) is 50.6 Å². The third kappa shape index (κ3) is 4.55. The minimum absolute atomic E-state index is 0.0650. The Morgan fingerprint density at radius 1 is 1.00 bits per heavy atom. The Balaban J connectivity index is 1.23. The summed E-state index contributed by atoms with van der Waals surface area (Å²) in [6.07, 6.45) is 8.18. The topological polar surface area (TPSA) is 83.6 Å². The van der Waals surface area contributed by atoms with Crippen molar-refractivity contribution < 1.29 is 9.47 Å². The van der Waals surface area contributed by atoms with Crippen molar-refractivity contribution >= 4 is 22.4 Å². The fourth-order valence-corrected chi connectivity index (χ4v) is 6.23. The second-order valence-corrected chi connectivity index (χ2v) is 11.0. The van der Waals surface area contributed by atoms with Crippen LogP contribution in [0.25, 0.3) is 11.0 Å². The zero-order chi connectivity index (χ0) is 26.2. The lowest BCUT2D eigenvalue weighted by atomic mass is 9.83. The van der Waals surface area contributed by atoms with Gasteiger partial charge in [0.05, 0.1) is 11.2 Å². The second-order valence-electron chi connectivity index (χ2n) is 11.0. The highest BCUT2D eigenvalue weighted by Crippen LogP contribution is 2.39. The molecule has 198 valence electrons. The van der Waals surface area contributed by atoms with E-state index in [9.17, 15) is 10.1 Å². The molecule has 1 aliphatic heterocycles. The van der Waals surface area contributed by atoms with Gasteiger partial charge in [0, 0.05) is 50.5 Å². The maximum absolute atomic E-state index is 12.8. The molecule has 3 aliphatic rings. The van der Waals surface area contributed by atoms with E-state index in [1.807, 2.05) is 6.07 Å². The van der Waals surface area contributed by atoms with Gasteiger partial charge in [-0.05, 0) is 68.7 Å². The van der Waals surface area contributed by atoms with Crippen LogP contribution in [-0.4, -0.2) is 48.4 Å². The molecular formula is C30H35N5O3. The zero-order valence-corrected chi connectivity index (χ0v) is 22.2. The van der Waals surface area contributed by atoms with Crippen LogP contribution in [0.3, 0.4) is 0 Å². The first-order chi connectivity index (χ1) is 18.5. The Labute approximate surface area is 223 Å². The summed E-state index contributed by atoms with van der Waals surface area (Å²) < 4.78 is 13.3. The number of hydrogen-bond donors (Lipinski definition) is 0. The van der Waals surface area contributed by atoms with E-state index >= 15 is 0 Å². The van der Waals surface area contributed by atoms with Gasteiger partial charge >= 0.3 is 0 Å². The van der Waals surface area contributed by atoms with Gasteiger partial charge in [-0.3, -0.25) is 4.79 Å². The Morgan fingerprint density at radius 3 is 2.45 bits per heavy atom. The number of rotatable bonds is 6. The van der Waals surface area contributed by atoms with Crippen molar-refractivity contribution in [2.24, 2.45) is 13.0 Å². The molecule has 1 aromatic carbocycles. The molecule has 0 spiro atoms. The first-order valence-electron chi connectivity index (χ1n) is 13.8. The van der Waals surface area contributed by atoms with E-state index in [1.54, 1.807) is 23.7 Å². The summed E-state index contributed by atoms with van der Waals surface area (Å²) in [5.74, 6) is 2.45. The number of fused-ring (bicyclic) bond motifs is 2. The Hall–Kier alpha value is -3.73. The van der Waals surface area contributed by atoms with E-state index < -0.39 is 0 Å². The molecule has 0 radical (unpaired) electrons. The summed E-state index contributed by atoms with van der Waals surface area (Å²) in [4.78, 5) is 22.2. The van der Waals surface area contributed by atoms with Crippen LogP contribution < -0.4 is 24.8 Å². The molecule has 0 bridgehead atoms. The molecule has 38 heavy (non-hydrogen) atoms. The maximum atomic E-state index is 12.8. The summed E-state index contributed by atoms with van der Waals surface area (Å²) in [6.45, 7) is 2.29. The number of benzene rings is 1. The van der Waals surface area contributed by atoms with Gasteiger partial charge in [0.15, 0.2) is 11.5 Å². The second kappa shape index (κ2) is 10.2. The van der Waals surface area contributed by atoms with Gasteiger partial charge in [0.1, 0.15) is 30.5 Å². The van der Waals surface area contributed by atoms with Gasteiger partial charge < -0.3 is 23.8 Å². The first-order valence-corrected chi connectivity index (χ1v) is 13.8. The molecule has 2 saturated carbocycles. The number of aromatic nitrogens is 2. The fraction of sp³-hybridized carbons (Fsp3) is 0.500.